The van der Waals surface area contributed by atoms with E-state index in [0.717, 1.165) is 25.4 Å². The third-order valence-electron chi connectivity index (χ3n) is 4.97. The van der Waals surface area contributed by atoms with Crippen LogP contribution in [0, 0.1) is 5.92 Å². The first-order chi connectivity index (χ1) is 10.2. The van der Waals surface area contributed by atoms with Crippen LogP contribution in [0.2, 0.25) is 0 Å². The monoisotopic (exact) mass is 289 g/mol. The summed E-state index contributed by atoms with van der Waals surface area (Å²) in [5.41, 5.74) is 1.46. The molecule has 3 unspecified atom stereocenters. The molecule has 1 aliphatic rings. The van der Waals surface area contributed by atoms with Crippen molar-refractivity contribution >= 4 is 0 Å². The SMILES string of the molecule is CCOC1(C(CCc2ccccc2)NC)CCCC(C)C1. The molecule has 1 aromatic carbocycles. The smallest absolute Gasteiger partial charge is 0.0837 e. The number of aryl methyl sites for hydroxylation is 1. The molecule has 0 aliphatic heterocycles. The zero-order valence-corrected chi connectivity index (χ0v) is 13.9. The van der Waals surface area contributed by atoms with Gasteiger partial charge in [0.05, 0.1) is 5.60 Å². The van der Waals surface area contributed by atoms with Crippen molar-refractivity contribution in [3.05, 3.63) is 35.9 Å². The van der Waals surface area contributed by atoms with E-state index in [0.29, 0.717) is 6.04 Å². The first-order valence-corrected chi connectivity index (χ1v) is 8.55. The first-order valence-electron chi connectivity index (χ1n) is 8.55. The highest BCUT2D eigenvalue weighted by Crippen LogP contribution is 2.39. The maximum Gasteiger partial charge on any atom is 0.0837 e. The zero-order valence-electron chi connectivity index (χ0n) is 13.9. The van der Waals surface area contributed by atoms with Gasteiger partial charge in [0.25, 0.3) is 0 Å². The molecule has 1 aliphatic carbocycles. The Labute approximate surface area is 130 Å². The van der Waals surface area contributed by atoms with Gasteiger partial charge in [-0.25, -0.2) is 0 Å². The molecule has 118 valence electrons. The molecule has 1 aromatic rings. The largest absolute Gasteiger partial charge is 0.374 e. The van der Waals surface area contributed by atoms with Crippen molar-refractivity contribution in [2.45, 2.75) is 64.0 Å². The van der Waals surface area contributed by atoms with Crippen LogP contribution in [0.4, 0.5) is 0 Å². The highest BCUT2D eigenvalue weighted by atomic mass is 16.5. The van der Waals surface area contributed by atoms with E-state index in [-0.39, 0.29) is 5.60 Å². The Hall–Kier alpha value is -0.860. The van der Waals surface area contributed by atoms with E-state index in [1.807, 2.05) is 0 Å². The van der Waals surface area contributed by atoms with Gasteiger partial charge in [0.15, 0.2) is 0 Å². The van der Waals surface area contributed by atoms with E-state index < -0.39 is 0 Å². The zero-order chi connectivity index (χ0) is 15.1. The van der Waals surface area contributed by atoms with E-state index in [2.05, 4.69) is 56.5 Å². The highest BCUT2D eigenvalue weighted by Gasteiger charge is 2.41. The van der Waals surface area contributed by atoms with Gasteiger partial charge in [-0.05, 0) is 51.1 Å². The van der Waals surface area contributed by atoms with Crippen molar-refractivity contribution in [3.8, 4) is 0 Å². The Balaban J connectivity index is 2.05. The summed E-state index contributed by atoms with van der Waals surface area (Å²) in [7, 11) is 2.09. The fourth-order valence-electron chi connectivity index (χ4n) is 4.01. The number of nitrogens with one attached hydrogen (secondary N) is 1. The molecule has 2 rings (SSSR count). The number of hydrogen-bond acceptors (Lipinski definition) is 2. The molecular weight excluding hydrogens is 258 g/mol. The predicted octanol–water partition coefficient (Wildman–Crippen LogP) is 4.19. The van der Waals surface area contributed by atoms with Crippen LogP contribution < -0.4 is 5.32 Å². The fraction of sp³-hybridized carbons (Fsp3) is 0.684. The molecule has 0 radical (unpaired) electrons. The number of rotatable bonds is 7. The maximum atomic E-state index is 6.32. The summed E-state index contributed by atoms with van der Waals surface area (Å²) in [5, 5.41) is 3.56. The second-order valence-corrected chi connectivity index (χ2v) is 6.56. The van der Waals surface area contributed by atoms with Gasteiger partial charge >= 0.3 is 0 Å². The van der Waals surface area contributed by atoms with Crippen molar-refractivity contribution in [1.82, 2.24) is 5.32 Å². The van der Waals surface area contributed by atoms with E-state index in [1.54, 1.807) is 0 Å². The normalized spacial score (nSPS) is 27.5. The molecule has 1 N–H and O–H groups in total. The van der Waals surface area contributed by atoms with Crippen LogP contribution in [0.25, 0.3) is 0 Å². The van der Waals surface area contributed by atoms with Gasteiger partial charge in [0, 0.05) is 12.6 Å². The average molecular weight is 289 g/mol. The Morgan fingerprint density at radius 3 is 2.71 bits per heavy atom. The summed E-state index contributed by atoms with van der Waals surface area (Å²) in [6.45, 7) is 5.32. The van der Waals surface area contributed by atoms with Crippen molar-refractivity contribution in [2.75, 3.05) is 13.7 Å². The van der Waals surface area contributed by atoms with Gasteiger partial charge in [0.2, 0.25) is 0 Å². The van der Waals surface area contributed by atoms with Crippen molar-refractivity contribution in [3.63, 3.8) is 0 Å². The summed E-state index contributed by atoms with van der Waals surface area (Å²) in [4.78, 5) is 0. The number of ether oxygens (including phenoxy) is 1. The van der Waals surface area contributed by atoms with Gasteiger partial charge in [-0.2, -0.15) is 0 Å². The number of hydrogen-bond donors (Lipinski definition) is 1. The van der Waals surface area contributed by atoms with Crippen molar-refractivity contribution < 1.29 is 4.74 Å². The second-order valence-electron chi connectivity index (χ2n) is 6.56. The Morgan fingerprint density at radius 2 is 2.10 bits per heavy atom. The molecule has 0 spiro atoms. The third kappa shape index (κ3) is 4.31. The minimum atomic E-state index is 0.0376. The molecule has 1 saturated carbocycles. The third-order valence-corrected chi connectivity index (χ3v) is 4.97. The second kappa shape index (κ2) is 7.95. The molecule has 2 heteroatoms. The summed E-state index contributed by atoms with van der Waals surface area (Å²) in [6, 6.07) is 11.2. The van der Waals surface area contributed by atoms with Crippen LogP contribution in [-0.2, 0) is 11.2 Å². The maximum absolute atomic E-state index is 6.32. The van der Waals surface area contributed by atoms with Crippen LogP contribution in [0.15, 0.2) is 30.3 Å². The summed E-state index contributed by atoms with van der Waals surface area (Å²) < 4.78 is 6.32. The van der Waals surface area contributed by atoms with Crippen LogP contribution in [0.1, 0.15) is 51.5 Å². The van der Waals surface area contributed by atoms with Crippen molar-refractivity contribution in [1.29, 1.82) is 0 Å². The molecule has 0 amide bonds. The first kappa shape index (κ1) is 16.5. The molecule has 0 bridgehead atoms. The van der Waals surface area contributed by atoms with Crippen LogP contribution in [0.3, 0.4) is 0 Å². The number of benzene rings is 1. The lowest BCUT2D eigenvalue weighted by Gasteiger charge is -2.45. The van der Waals surface area contributed by atoms with Gasteiger partial charge in [0.1, 0.15) is 0 Å². The molecule has 0 saturated heterocycles. The topological polar surface area (TPSA) is 21.3 Å². The molecule has 1 fully saturated rings. The van der Waals surface area contributed by atoms with Crippen LogP contribution >= 0.6 is 0 Å². The summed E-state index contributed by atoms with van der Waals surface area (Å²) in [5.74, 6) is 0.776. The molecule has 3 atom stereocenters. The number of likely N-dealkylation sites (N-methyl/N-ethyl adjacent to an activating group) is 1. The standard InChI is InChI=1S/C19H31NO/c1-4-21-19(14-8-9-16(2)15-19)18(20-3)13-12-17-10-6-5-7-11-17/h5-7,10-11,16,18,20H,4,8-9,12-15H2,1-3H3. The Morgan fingerprint density at radius 1 is 1.33 bits per heavy atom. The lowest BCUT2D eigenvalue weighted by Crippen LogP contribution is -2.54. The highest BCUT2D eigenvalue weighted by molar-refractivity contribution is 5.15. The van der Waals surface area contributed by atoms with Crippen molar-refractivity contribution in [2.24, 2.45) is 5.92 Å². The molecule has 0 aromatic heterocycles. The Kier molecular flexibility index (Phi) is 6.25. The molecule has 0 heterocycles. The molecule has 21 heavy (non-hydrogen) atoms. The minimum Gasteiger partial charge on any atom is -0.374 e. The van der Waals surface area contributed by atoms with Gasteiger partial charge in [-0.15, -0.1) is 0 Å². The fourth-order valence-corrected chi connectivity index (χ4v) is 4.01. The van der Waals surface area contributed by atoms with Gasteiger partial charge in [-0.3, -0.25) is 0 Å². The van der Waals surface area contributed by atoms with E-state index in [4.69, 9.17) is 4.74 Å². The van der Waals surface area contributed by atoms with Gasteiger partial charge < -0.3 is 10.1 Å². The molecule has 2 nitrogen and oxygen atoms in total. The van der Waals surface area contributed by atoms with E-state index in [9.17, 15) is 0 Å². The lowest BCUT2D eigenvalue weighted by atomic mass is 9.73. The Bertz CT molecular complexity index is 401. The average Bonchev–Trinajstić information content (AvgIpc) is 2.49. The van der Waals surface area contributed by atoms with E-state index in [1.165, 1.54) is 31.2 Å². The summed E-state index contributed by atoms with van der Waals surface area (Å²) in [6.07, 6.45) is 7.31. The van der Waals surface area contributed by atoms with E-state index >= 15 is 0 Å². The van der Waals surface area contributed by atoms with Crippen LogP contribution in [-0.4, -0.2) is 25.3 Å². The molecular formula is C19H31NO. The quantitative estimate of drug-likeness (QED) is 0.812. The minimum absolute atomic E-state index is 0.0376. The summed E-state index contributed by atoms with van der Waals surface area (Å²) >= 11 is 0. The van der Waals surface area contributed by atoms with Gasteiger partial charge in [-0.1, -0.05) is 50.1 Å². The van der Waals surface area contributed by atoms with Crippen LogP contribution in [0.5, 0.6) is 0 Å². The lowest BCUT2D eigenvalue weighted by molar-refractivity contribution is -0.100. The predicted molar refractivity (Wildman–Crippen MR) is 89.6 cm³/mol.